The molecule has 2 N–H and O–H groups in total. The summed E-state index contributed by atoms with van der Waals surface area (Å²) in [6, 6.07) is 10.6. The summed E-state index contributed by atoms with van der Waals surface area (Å²) in [5, 5.41) is 10.7. The van der Waals surface area contributed by atoms with Crippen LogP contribution in [0.5, 0.6) is 0 Å². The van der Waals surface area contributed by atoms with E-state index in [4.69, 9.17) is 0 Å². The van der Waals surface area contributed by atoms with Crippen molar-refractivity contribution in [2.45, 2.75) is 20.4 Å². The van der Waals surface area contributed by atoms with Gasteiger partial charge in [0, 0.05) is 37.1 Å². The normalized spacial score (nSPS) is 10.7. The number of hydrogen-bond donors (Lipinski definition) is 2. The Hall–Kier alpha value is -1.81. The molecule has 0 aliphatic heterocycles. The first-order valence-corrected chi connectivity index (χ1v) is 6.81. The van der Waals surface area contributed by atoms with E-state index < -0.39 is 0 Å². The standard InChI is InChI=1S/C15H22N4/c1-4-16-11-13-10-15(18-17-13)12-6-8-14(9-7-12)19(3)5-2/h6-10,16H,4-5,11H2,1-3H3,(H,17,18). The first-order valence-electron chi connectivity index (χ1n) is 6.81. The van der Waals surface area contributed by atoms with E-state index in [-0.39, 0.29) is 0 Å². The molecule has 1 heterocycles. The lowest BCUT2D eigenvalue weighted by Gasteiger charge is -2.16. The molecule has 19 heavy (non-hydrogen) atoms. The molecule has 0 saturated carbocycles. The summed E-state index contributed by atoms with van der Waals surface area (Å²) in [5.74, 6) is 0. The average molecular weight is 258 g/mol. The molecule has 0 saturated heterocycles. The van der Waals surface area contributed by atoms with Crippen molar-refractivity contribution in [2.24, 2.45) is 0 Å². The Bertz CT molecular complexity index is 501. The lowest BCUT2D eigenvalue weighted by molar-refractivity contribution is 0.707. The molecule has 0 radical (unpaired) electrons. The third kappa shape index (κ3) is 3.35. The highest BCUT2D eigenvalue weighted by Gasteiger charge is 2.04. The quantitative estimate of drug-likeness (QED) is 0.837. The van der Waals surface area contributed by atoms with E-state index in [1.165, 1.54) is 5.69 Å². The van der Waals surface area contributed by atoms with E-state index in [9.17, 15) is 0 Å². The van der Waals surface area contributed by atoms with Crippen LogP contribution in [0.4, 0.5) is 5.69 Å². The summed E-state index contributed by atoms with van der Waals surface area (Å²) in [4.78, 5) is 2.21. The van der Waals surface area contributed by atoms with Gasteiger partial charge in [-0.1, -0.05) is 19.1 Å². The summed E-state index contributed by atoms with van der Waals surface area (Å²) in [5.41, 5.74) is 4.49. The second-order valence-corrected chi connectivity index (χ2v) is 4.62. The predicted octanol–water partition coefficient (Wildman–Crippen LogP) is 2.64. The number of aromatic nitrogens is 2. The highest BCUT2D eigenvalue weighted by atomic mass is 15.1. The Morgan fingerprint density at radius 1 is 1.21 bits per heavy atom. The van der Waals surface area contributed by atoms with Crippen molar-refractivity contribution >= 4 is 5.69 Å². The lowest BCUT2D eigenvalue weighted by atomic mass is 10.1. The van der Waals surface area contributed by atoms with Crippen molar-refractivity contribution in [3.05, 3.63) is 36.0 Å². The molecule has 1 aromatic carbocycles. The van der Waals surface area contributed by atoms with Crippen LogP contribution in [-0.2, 0) is 6.54 Å². The Morgan fingerprint density at radius 2 is 1.95 bits per heavy atom. The van der Waals surface area contributed by atoms with Crippen molar-refractivity contribution in [1.29, 1.82) is 0 Å². The molecule has 102 valence electrons. The summed E-state index contributed by atoms with van der Waals surface area (Å²) in [6.45, 7) is 7.05. The van der Waals surface area contributed by atoms with Gasteiger partial charge in [0.2, 0.25) is 0 Å². The van der Waals surface area contributed by atoms with Crippen molar-refractivity contribution < 1.29 is 0 Å². The predicted molar refractivity (Wildman–Crippen MR) is 80.3 cm³/mol. The van der Waals surface area contributed by atoms with Crippen LogP contribution in [0.25, 0.3) is 11.3 Å². The SMILES string of the molecule is CCNCc1cc(-c2ccc(N(C)CC)cc2)n[nH]1. The first kappa shape index (κ1) is 13.6. The van der Waals surface area contributed by atoms with Gasteiger partial charge in [0.1, 0.15) is 0 Å². The van der Waals surface area contributed by atoms with Gasteiger partial charge < -0.3 is 10.2 Å². The van der Waals surface area contributed by atoms with Crippen molar-refractivity contribution in [3.8, 4) is 11.3 Å². The highest BCUT2D eigenvalue weighted by molar-refractivity contribution is 5.63. The molecule has 4 nitrogen and oxygen atoms in total. The first-order chi connectivity index (χ1) is 9.24. The van der Waals surface area contributed by atoms with Gasteiger partial charge in [-0.3, -0.25) is 5.10 Å². The zero-order valence-electron chi connectivity index (χ0n) is 11.9. The Kier molecular flexibility index (Phi) is 4.58. The van der Waals surface area contributed by atoms with Crippen LogP contribution < -0.4 is 10.2 Å². The van der Waals surface area contributed by atoms with Crippen LogP contribution >= 0.6 is 0 Å². The fourth-order valence-corrected chi connectivity index (χ4v) is 1.93. The molecule has 0 atom stereocenters. The second kappa shape index (κ2) is 6.38. The molecule has 2 rings (SSSR count). The van der Waals surface area contributed by atoms with E-state index in [0.717, 1.165) is 36.6 Å². The van der Waals surface area contributed by atoms with Gasteiger partial charge in [-0.05, 0) is 31.7 Å². The molecule has 0 aliphatic rings. The van der Waals surface area contributed by atoms with Crippen LogP contribution in [0.3, 0.4) is 0 Å². The van der Waals surface area contributed by atoms with Crippen LogP contribution in [0.1, 0.15) is 19.5 Å². The molecule has 4 heteroatoms. The van der Waals surface area contributed by atoms with E-state index in [0.29, 0.717) is 0 Å². The van der Waals surface area contributed by atoms with Crippen molar-refractivity contribution in [3.63, 3.8) is 0 Å². The minimum absolute atomic E-state index is 0.833. The third-order valence-corrected chi connectivity index (χ3v) is 3.27. The molecule has 0 spiro atoms. The summed E-state index contributed by atoms with van der Waals surface area (Å²) < 4.78 is 0. The fourth-order valence-electron chi connectivity index (χ4n) is 1.93. The fraction of sp³-hybridized carbons (Fsp3) is 0.400. The number of aromatic amines is 1. The Labute approximate surface area is 114 Å². The number of nitrogens with zero attached hydrogens (tertiary/aromatic N) is 2. The van der Waals surface area contributed by atoms with Gasteiger partial charge in [-0.2, -0.15) is 5.10 Å². The second-order valence-electron chi connectivity index (χ2n) is 4.62. The summed E-state index contributed by atoms with van der Waals surface area (Å²) >= 11 is 0. The molecule has 0 unspecified atom stereocenters. The molecule has 0 bridgehead atoms. The Balaban J connectivity index is 2.11. The third-order valence-electron chi connectivity index (χ3n) is 3.27. The summed E-state index contributed by atoms with van der Waals surface area (Å²) in [7, 11) is 2.10. The smallest absolute Gasteiger partial charge is 0.0924 e. The van der Waals surface area contributed by atoms with Crippen molar-refractivity contribution in [2.75, 3.05) is 25.0 Å². The molecule has 2 aromatic rings. The van der Waals surface area contributed by atoms with Gasteiger partial charge >= 0.3 is 0 Å². The van der Waals surface area contributed by atoms with Gasteiger partial charge in [-0.25, -0.2) is 0 Å². The van der Waals surface area contributed by atoms with E-state index >= 15 is 0 Å². The van der Waals surface area contributed by atoms with E-state index in [1.807, 2.05) is 0 Å². The molecule has 0 fully saturated rings. The maximum absolute atomic E-state index is 4.36. The number of nitrogens with one attached hydrogen (secondary N) is 2. The van der Waals surface area contributed by atoms with Crippen LogP contribution in [0.2, 0.25) is 0 Å². The van der Waals surface area contributed by atoms with E-state index in [2.05, 4.69) is 71.6 Å². The van der Waals surface area contributed by atoms with Gasteiger partial charge in [0.15, 0.2) is 0 Å². The number of anilines is 1. The lowest BCUT2D eigenvalue weighted by Crippen LogP contribution is -2.15. The van der Waals surface area contributed by atoms with E-state index in [1.54, 1.807) is 0 Å². The number of H-pyrrole nitrogens is 1. The average Bonchev–Trinajstić information content (AvgIpc) is 2.93. The van der Waals surface area contributed by atoms with Gasteiger partial charge in [0.25, 0.3) is 0 Å². The molecule has 0 amide bonds. The number of hydrogen-bond acceptors (Lipinski definition) is 3. The molecular formula is C15H22N4. The number of benzene rings is 1. The van der Waals surface area contributed by atoms with Gasteiger partial charge in [-0.15, -0.1) is 0 Å². The zero-order chi connectivity index (χ0) is 13.7. The maximum Gasteiger partial charge on any atom is 0.0924 e. The van der Waals surface area contributed by atoms with Crippen LogP contribution in [0.15, 0.2) is 30.3 Å². The topological polar surface area (TPSA) is 44.0 Å². The number of rotatable bonds is 6. The molecule has 0 aliphatic carbocycles. The highest BCUT2D eigenvalue weighted by Crippen LogP contribution is 2.21. The summed E-state index contributed by atoms with van der Waals surface area (Å²) in [6.07, 6.45) is 0. The monoisotopic (exact) mass is 258 g/mol. The van der Waals surface area contributed by atoms with Crippen LogP contribution in [-0.4, -0.2) is 30.3 Å². The molecular weight excluding hydrogens is 236 g/mol. The molecule has 1 aromatic heterocycles. The van der Waals surface area contributed by atoms with Crippen molar-refractivity contribution in [1.82, 2.24) is 15.5 Å². The largest absolute Gasteiger partial charge is 0.375 e. The minimum Gasteiger partial charge on any atom is -0.375 e. The Morgan fingerprint density at radius 3 is 2.58 bits per heavy atom. The minimum atomic E-state index is 0.833. The van der Waals surface area contributed by atoms with Crippen LogP contribution in [0, 0.1) is 0 Å². The zero-order valence-corrected chi connectivity index (χ0v) is 11.9. The van der Waals surface area contributed by atoms with Gasteiger partial charge in [0.05, 0.1) is 5.69 Å². The maximum atomic E-state index is 4.36.